The van der Waals surface area contributed by atoms with Crippen molar-refractivity contribution >= 4 is 29.0 Å². The Labute approximate surface area is 126 Å². The van der Waals surface area contributed by atoms with Gasteiger partial charge in [0, 0.05) is 33.1 Å². The number of carbonyl (C=O) groups is 2. The molecule has 0 bridgehead atoms. The third-order valence-corrected chi connectivity index (χ3v) is 3.25. The van der Waals surface area contributed by atoms with E-state index in [1.54, 1.807) is 28.8 Å². The molecule has 0 saturated carbocycles. The van der Waals surface area contributed by atoms with Crippen LogP contribution in [0.15, 0.2) is 0 Å². The summed E-state index contributed by atoms with van der Waals surface area (Å²) in [5, 5.41) is 0. The van der Waals surface area contributed by atoms with Gasteiger partial charge in [-0.3, -0.25) is 14.5 Å². The molecule has 0 fully saturated rings. The predicted molar refractivity (Wildman–Crippen MR) is 84.5 cm³/mol. The van der Waals surface area contributed by atoms with Crippen LogP contribution in [0.25, 0.3) is 0 Å². The van der Waals surface area contributed by atoms with Gasteiger partial charge in [0.05, 0.1) is 18.1 Å². The molecule has 0 aliphatic rings. The highest BCUT2D eigenvalue weighted by molar-refractivity contribution is 7.80. The van der Waals surface area contributed by atoms with Crippen molar-refractivity contribution in [2.75, 3.05) is 46.8 Å². The first kappa shape index (κ1) is 18.8. The van der Waals surface area contributed by atoms with E-state index in [1.807, 2.05) is 13.8 Å². The summed E-state index contributed by atoms with van der Waals surface area (Å²) in [6, 6.07) is 0. The molecule has 2 N–H and O–H groups in total. The molecular formula is C13H26N4O2S. The molecule has 0 aliphatic carbocycles. The standard InChI is InChI=1S/C13H26N4O2S/c1-5-17(6-2)13(19)10-15(3)9-12(18)16(4)8-7-11(14)20/h5-10H2,1-4H3,(H2,14,20). The van der Waals surface area contributed by atoms with E-state index >= 15 is 0 Å². The molecule has 0 heterocycles. The SMILES string of the molecule is CCN(CC)C(=O)CN(C)CC(=O)N(C)CCC(N)=S. The maximum absolute atomic E-state index is 11.9. The molecule has 2 amide bonds. The molecular weight excluding hydrogens is 276 g/mol. The summed E-state index contributed by atoms with van der Waals surface area (Å²) in [7, 11) is 3.47. The monoisotopic (exact) mass is 302 g/mol. The third-order valence-electron chi connectivity index (χ3n) is 3.05. The molecule has 0 spiro atoms. The summed E-state index contributed by atoms with van der Waals surface area (Å²) in [5.41, 5.74) is 5.40. The number of carbonyl (C=O) groups excluding carboxylic acids is 2. The zero-order chi connectivity index (χ0) is 15.7. The van der Waals surface area contributed by atoms with Crippen molar-refractivity contribution in [1.29, 1.82) is 0 Å². The van der Waals surface area contributed by atoms with Gasteiger partial charge in [-0.15, -0.1) is 0 Å². The molecule has 20 heavy (non-hydrogen) atoms. The van der Waals surface area contributed by atoms with E-state index in [2.05, 4.69) is 0 Å². The molecule has 0 aromatic rings. The van der Waals surface area contributed by atoms with Crippen LogP contribution in [0, 0.1) is 0 Å². The minimum atomic E-state index is -0.0453. The molecule has 6 nitrogen and oxygen atoms in total. The number of amides is 2. The average molecular weight is 302 g/mol. The molecule has 0 rings (SSSR count). The Kier molecular flexibility index (Phi) is 9.07. The van der Waals surface area contributed by atoms with Crippen LogP contribution in [-0.4, -0.2) is 78.3 Å². The van der Waals surface area contributed by atoms with Crippen molar-refractivity contribution in [3.8, 4) is 0 Å². The number of hydrogen-bond acceptors (Lipinski definition) is 4. The van der Waals surface area contributed by atoms with Crippen molar-refractivity contribution in [3.05, 3.63) is 0 Å². The predicted octanol–water partition coefficient (Wildman–Crippen LogP) is -0.0788. The molecule has 0 radical (unpaired) electrons. The van der Waals surface area contributed by atoms with Gasteiger partial charge in [-0.05, 0) is 20.9 Å². The molecule has 0 aromatic heterocycles. The second-order valence-electron chi connectivity index (χ2n) is 4.77. The number of thiocarbonyl (C=S) groups is 1. The lowest BCUT2D eigenvalue weighted by Crippen LogP contribution is -2.43. The number of likely N-dealkylation sites (N-methyl/N-ethyl adjacent to an activating group) is 3. The Balaban J connectivity index is 4.18. The summed E-state index contributed by atoms with van der Waals surface area (Å²) < 4.78 is 0. The number of rotatable bonds is 9. The highest BCUT2D eigenvalue weighted by atomic mass is 32.1. The van der Waals surface area contributed by atoms with E-state index in [0.29, 0.717) is 31.0 Å². The normalized spacial score (nSPS) is 10.4. The smallest absolute Gasteiger partial charge is 0.236 e. The Hall–Kier alpha value is -1.21. The molecule has 0 atom stereocenters. The van der Waals surface area contributed by atoms with Crippen molar-refractivity contribution < 1.29 is 9.59 Å². The van der Waals surface area contributed by atoms with E-state index in [4.69, 9.17) is 18.0 Å². The second-order valence-corrected chi connectivity index (χ2v) is 5.29. The van der Waals surface area contributed by atoms with E-state index in [1.165, 1.54) is 0 Å². The van der Waals surface area contributed by atoms with Crippen molar-refractivity contribution in [2.24, 2.45) is 5.73 Å². The van der Waals surface area contributed by atoms with Gasteiger partial charge >= 0.3 is 0 Å². The van der Waals surface area contributed by atoms with Crippen LogP contribution >= 0.6 is 12.2 Å². The number of nitrogens with two attached hydrogens (primary N) is 1. The van der Waals surface area contributed by atoms with Gasteiger partial charge < -0.3 is 15.5 Å². The van der Waals surface area contributed by atoms with Crippen molar-refractivity contribution in [1.82, 2.24) is 14.7 Å². The lowest BCUT2D eigenvalue weighted by Gasteiger charge is -2.24. The number of hydrogen-bond donors (Lipinski definition) is 1. The van der Waals surface area contributed by atoms with Crippen LogP contribution in [0.5, 0.6) is 0 Å². The average Bonchev–Trinajstić information content (AvgIpc) is 2.36. The Morgan fingerprint density at radius 3 is 2.00 bits per heavy atom. The van der Waals surface area contributed by atoms with Crippen molar-refractivity contribution in [3.63, 3.8) is 0 Å². The fourth-order valence-corrected chi connectivity index (χ4v) is 1.81. The summed E-state index contributed by atoms with van der Waals surface area (Å²) in [5.74, 6) is -0.00724. The topological polar surface area (TPSA) is 69.9 Å². The minimum Gasteiger partial charge on any atom is -0.393 e. The summed E-state index contributed by atoms with van der Waals surface area (Å²) >= 11 is 4.78. The van der Waals surface area contributed by atoms with Crippen LogP contribution in [0.3, 0.4) is 0 Å². The Morgan fingerprint density at radius 1 is 1.05 bits per heavy atom. The van der Waals surface area contributed by atoms with Gasteiger partial charge in [0.15, 0.2) is 0 Å². The first-order valence-corrected chi connectivity index (χ1v) is 7.21. The minimum absolute atomic E-state index is 0.0380. The van der Waals surface area contributed by atoms with Crippen LogP contribution in [0.4, 0.5) is 0 Å². The van der Waals surface area contributed by atoms with E-state index < -0.39 is 0 Å². The van der Waals surface area contributed by atoms with Gasteiger partial charge in [0.25, 0.3) is 0 Å². The van der Waals surface area contributed by atoms with Crippen LogP contribution < -0.4 is 5.73 Å². The molecule has 0 saturated heterocycles. The Morgan fingerprint density at radius 2 is 1.55 bits per heavy atom. The highest BCUT2D eigenvalue weighted by Crippen LogP contribution is 1.95. The maximum Gasteiger partial charge on any atom is 0.236 e. The van der Waals surface area contributed by atoms with Gasteiger partial charge in [-0.25, -0.2) is 0 Å². The summed E-state index contributed by atoms with van der Waals surface area (Å²) in [6.45, 7) is 6.21. The summed E-state index contributed by atoms with van der Waals surface area (Å²) in [4.78, 5) is 29.3. The molecule has 0 aromatic carbocycles. The fourth-order valence-electron chi connectivity index (χ4n) is 1.72. The van der Waals surface area contributed by atoms with Gasteiger partial charge in [0.1, 0.15) is 0 Å². The first-order chi connectivity index (χ1) is 9.31. The molecule has 116 valence electrons. The lowest BCUT2D eigenvalue weighted by molar-refractivity contribution is -0.134. The van der Waals surface area contributed by atoms with Gasteiger partial charge in [-0.1, -0.05) is 12.2 Å². The fraction of sp³-hybridized carbons (Fsp3) is 0.769. The lowest BCUT2D eigenvalue weighted by atomic mass is 10.3. The van der Waals surface area contributed by atoms with Crippen LogP contribution in [0.1, 0.15) is 20.3 Å². The zero-order valence-electron chi connectivity index (χ0n) is 12.9. The second kappa shape index (κ2) is 9.66. The summed E-state index contributed by atoms with van der Waals surface area (Å²) in [6.07, 6.45) is 0.514. The van der Waals surface area contributed by atoms with E-state index in [-0.39, 0.29) is 24.9 Å². The maximum atomic E-state index is 11.9. The zero-order valence-corrected chi connectivity index (χ0v) is 13.7. The largest absolute Gasteiger partial charge is 0.393 e. The highest BCUT2D eigenvalue weighted by Gasteiger charge is 2.16. The van der Waals surface area contributed by atoms with Gasteiger partial charge in [-0.2, -0.15) is 0 Å². The Bertz CT molecular complexity index is 345. The van der Waals surface area contributed by atoms with Crippen molar-refractivity contribution in [2.45, 2.75) is 20.3 Å². The van der Waals surface area contributed by atoms with Gasteiger partial charge in [0.2, 0.25) is 11.8 Å². The first-order valence-electron chi connectivity index (χ1n) is 6.80. The molecule has 7 heteroatoms. The molecule has 0 unspecified atom stereocenters. The number of nitrogens with zero attached hydrogens (tertiary/aromatic N) is 3. The quantitative estimate of drug-likeness (QED) is 0.603. The van der Waals surface area contributed by atoms with E-state index in [9.17, 15) is 9.59 Å². The third kappa shape index (κ3) is 7.40. The molecule has 0 aliphatic heterocycles. The van der Waals surface area contributed by atoms with Crippen LogP contribution in [0.2, 0.25) is 0 Å². The van der Waals surface area contributed by atoms with E-state index in [0.717, 1.165) is 0 Å². The van der Waals surface area contributed by atoms with Crippen LogP contribution in [-0.2, 0) is 9.59 Å².